The Kier molecular flexibility index (Phi) is 8.68. The Hall–Kier alpha value is 0.470. The Labute approximate surface area is 129 Å². The summed E-state index contributed by atoms with van der Waals surface area (Å²) in [6.07, 6.45) is 4.74. The van der Waals surface area contributed by atoms with E-state index in [9.17, 15) is 4.57 Å². The van der Waals surface area contributed by atoms with Crippen LogP contribution in [0, 0.1) is 0 Å². The van der Waals surface area contributed by atoms with E-state index in [1.165, 1.54) is 41.9 Å². The standard InChI is InChI=1S/C13H21Cl2O2PS/c1-2-3-4-5-7-12-9-10-13(19-12)8-6-11-17-18(14,15)16/h9-10H,2-8,11H2,1H3. The fourth-order valence-corrected chi connectivity index (χ4v) is 3.69. The Balaban J connectivity index is 2.18. The predicted octanol–water partition coefficient (Wildman–Crippen LogP) is 6.41. The van der Waals surface area contributed by atoms with Gasteiger partial charge >= 0.3 is 6.07 Å². The van der Waals surface area contributed by atoms with Crippen LogP contribution in [-0.2, 0) is 21.9 Å². The molecule has 1 aromatic heterocycles. The minimum absolute atomic E-state index is 0.341. The molecule has 1 rings (SSSR count). The van der Waals surface area contributed by atoms with Crippen LogP contribution in [-0.4, -0.2) is 6.61 Å². The molecule has 0 radical (unpaired) electrons. The highest BCUT2D eigenvalue weighted by molar-refractivity contribution is 8.05. The molecule has 0 amide bonds. The normalized spacial score (nSPS) is 11.9. The van der Waals surface area contributed by atoms with Crippen LogP contribution in [0.5, 0.6) is 0 Å². The van der Waals surface area contributed by atoms with Gasteiger partial charge in [0.2, 0.25) is 0 Å². The third-order valence-corrected chi connectivity index (χ3v) is 5.08. The van der Waals surface area contributed by atoms with Crippen LogP contribution >= 0.6 is 39.9 Å². The summed E-state index contributed by atoms with van der Waals surface area (Å²) in [5, 5.41) is 0. The van der Waals surface area contributed by atoms with E-state index in [0.29, 0.717) is 6.61 Å². The Morgan fingerprint density at radius 2 is 1.74 bits per heavy atom. The summed E-state index contributed by atoms with van der Waals surface area (Å²) in [7, 11) is 0. The Morgan fingerprint density at radius 1 is 1.11 bits per heavy atom. The molecule has 1 heterocycles. The van der Waals surface area contributed by atoms with Gasteiger partial charge in [0.25, 0.3) is 0 Å². The summed E-state index contributed by atoms with van der Waals surface area (Å²) in [6, 6.07) is 4.38. The van der Waals surface area contributed by atoms with Crippen LogP contribution in [0.15, 0.2) is 12.1 Å². The molecule has 0 saturated carbocycles. The maximum absolute atomic E-state index is 10.9. The van der Waals surface area contributed by atoms with Crippen LogP contribution < -0.4 is 0 Å². The van der Waals surface area contributed by atoms with Crippen molar-refractivity contribution in [1.82, 2.24) is 0 Å². The van der Waals surface area contributed by atoms with E-state index < -0.39 is 6.07 Å². The minimum atomic E-state index is -3.36. The lowest BCUT2D eigenvalue weighted by molar-refractivity contribution is 0.327. The van der Waals surface area contributed by atoms with Gasteiger partial charge in [-0.2, -0.15) is 0 Å². The Bertz CT molecular complexity index is 403. The molecule has 0 spiro atoms. The second kappa shape index (κ2) is 9.41. The molecule has 0 N–H and O–H groups in total. The summed E-state index contributed by atoms with van der Waals surface area (Å²) < 4.78 is 15.8. The van der Waals surface area contributed by atoms with Crippen molar-refractivity contribution in [1.29, 1.82) is 0 Å². The first-order chi connectivity index (χ1) is 9.01. The first-order valence-electron chi connectivity index (χ1n) is 6.73. The van der Waals surface area contributed by atoms with Crippen LogP contribution in [0.4, 0.5) is 0 Å². The van der Waals surface area contributed by atoms with Gasteiger partial charge in [-0.3, -0.25) is 4.57 Å². The molecule has 0 aliphatic rings. The van der Waals surface area contributed by atoms with Crippen molar-refractivity contribution in [2.75, 3.05) is 6.61 Å². The number of halogens is 2. The van der Waals surface area contributed by atoms with Crippen molar-refractivity contribution in [3.8, 4) is 0 Å². The lowest BCUT2D eigenvalue weighted by Gasteiger charge is -2.02. The molecule has 1 aromatic rings. The number of rotatable bonds is 10. The summed E-state index contributed by atoms with van der Waals surface area (Å²) >= 11 is 12.5. The first-order valence-corrected chi connectivity index (χ1v) is 11.0. The van der Waals surface area contributed by atoms with Gasteiger partial charge in [-0.25, -0.2) is 0 Å². The van der Waals surface area contributed by atoms with Crippen molar-refractivity contribution in [2.45, 2.75) is 51.9 Å². The summed E-state index contributed by atoms with van der Waals surface area (Å²) in [5.41, 5.74) is 0. The van der Waals surface area contributed by atoms with Crippen LogP contribution in [0.3, 0.4) is 0 Å². The number of hydrogen-bond acceptors (Lipinski definition) is 3. The summed E-state index contributed by atoms with van der Waals surface area (Å²) in [4.78, 5) is 2.79. The largest absolute Gasteiger partial charge is 0.380 e. The third-order valence-electron chi connectivity index (χ3n) is 2.80. The molecule has 0 atom stereocenters. The van der Waals surface area contributed by atoms with E-state index in [-0.39, 0.29) is 0 Å². The van der Waals surface area contributed by atoms with Crippen molar-refractivity contribution in [2.24, 2.45) is 0 Å². The monoisotopic (exact) mass is 342 g/mol. The molecule has 0 aliphatic heterocycles. The van der Waals surface area contributed by atoms with Crippen molar-refractivity contribution in [3.63, 3.8) is 0 Å². The molecule has 0 bridgehead atoms. The van der Waals surface area contributed by atoms with Gasteiger partial charge in [-0.15, -0.1) is 11.3 Å². The second-order valence-corrected chi connectivity index (χ2v) is 10.1. The van der Waals surface area contributed by atoms with E-state index in [1.54, 1.807) is 0 Å². The van der Waals surface area contributed by atoms with Gasteiger partial charge in [0.05, 0.1) is 6.61 Å². The molecule has 110 valence electrons. The fourth-order valence-electron chi connectivity index (χ4n) is 1.83. The molecule has 0 fully saturated rings. The van der Waals surface area contributed by atoms with Crippen LogP contribution in [0.1, 0.15) is 48.8 Å². The minimum Gasteiger partial charge on any atom is -0.306 e. The summed E-state index contributed by atoms with van der Waals surface area (Å²) in [5.74, 6) is 0. The smallest absolute Gasteiger partial charge is 0.306 e. The molecule has 19 heavy (non-hydrogen) atoms. The van der Waals surface area contributed by atoms with Gasteiger partial charge in [0.1, 0.15) is 0 Å². The van der Waals surface area contributed by atoms with Gasteiger partial charge in [-0.05, 0) is 60.3 Å². The van der Waals surface area contributed by atoms with Gasteiger partial charge < -0.3 is 4.52 Å². The molecule has 0 aromatic carbocycles. The first kappa shape index (κ1) is 17.5. The van der Waals surface area contributed by atoms with E-state index in [4.69, 9.17) is 27.0 Å². The molecular weight excluding hydrogens is 322 g/mol. The van der Waals surface area contributed by atoms with Gasteiger partial charge in [0, 0.05) is 9.75 Å². The number of aryl methyl sites for hydroxylation is 2. The molecule has 2 nitrogen and oxygen atoms in total. The zero-order valence-electron chi connectivity index (χ0n) is 11.2. The highest BCUT2D eigenvalue weighted by Crippen LogP contribution is 2.57. The van der Waals surface area contributed by atoms with E-state index in [0.717, 1.165) is 12.8 Å². The number of unbranched alkanes of at least 4 members (excludes halogenated alkanes) is 3. The zero-order chi connectivity index (χ0) is 14.1. The zero-order valence-corrected chi connectivity index (χ0v) is 14.5. The highest BCUT2D eigenvalue weighted by atomic mass is 35.9. The third kappa shape index (κ3) is 9.10. The lowest BCUT2D eigenvalue weighted by Crippen LogP contribution is -1.89. The quantitative estimate of drug-likeness (QED) is 0.363. The van der Waals surface area contributed by atoms with E-state index in [2.05, 4.69) is 19.1 Å². The van der Waals surface area contributed by atoms with Gasteiger partial charge in [-0.1, -0.05) is 26.2 Å². The summed E-state index contributed by atoms with van der Waals surface area (Å²) in [6.45, 7) is 2.57. The highest BCUT2D eigenvalue weighted by Gasteiger charge is 2.13. The number of thiophene rings is 1. The molecule has 6 heteroatoms. The SMILES string of the molecule is CCCCCCc1ccc(CCCOP(=O)(Cl)Cl)s1. The van der Waals surface area contributed by atoms with Gasteiger partial charge in [0.15, 0.2) is 0 Å². The molecule has 0 aliphatic carbocycles. The van der Waals surface area contributed by atoms with Crippen molar-refractivity contribution >= 4 is 39.9 Å². The molecular formula is C13H21Cl2O2PS. The second-order valence-electron chi connectivity index (χ2n) is 4.53. The average molecular weight is 343 g/mol. The van der Waals surface area contributed by atoms with Crippen LogP contribution in [0.25, 0.3) is 0 Å². The maximum Gasteiger partial charge on any atom is 0.380 e. The molecule has 0 unspecified atom stereocenters. The predicted molar refractivity (Wildman–Crippen MR) is 85.8 cm³/mol. The Morgan fingerprint density at radius 3 is 2.32 bits per heavy atom. The van der Waals surface area contributed by atoms with Crippen LogP contribution in [0.2, 0.25) is 0 Å². The average Bonchev–Trinajstić information content (AvgIpc) is 2.77. The number of hydrogen-bond donors (Lipinski definition) is 0. The molecule has 0 saturated heterocycles. The van der Waals surface area contributed by atoms with E-state index in [1.807, 2.05) is 11.3 Å². The van der Waals surface area contributed by atoms with Crippen molar-refractivity contribution < 1.29 is 9.09 Å². The topological polar surface area (TPSA) is 26.3 Å². The van der Waals surface area contributed by atoms with Crippen molar-refractivity contribution in [3.05, 3.63) is 21.9 Å². The lowest BCUT2D eigenvalue weighted by atomic mass is 10.1. The van der Waals surface area contributed by atoms with E-state index >= 15 is 0 Å². The maximum atomic E-state index is 10.9. The fraction of sp³-hybridized carbons (Fsp3) is 0.692.